The highest BCUT2D eigenvalue weighted by Gasteiger charge is 2.33. The minimum absolute atomic E-state index is 0.633. The van der Waals surface area contributed by atoms with Crippen molar-refractivity contribution >= 4 is 101 Å². The topological polar surface area (TPSA) is 29.0 Å². The zero-order valence-corrected chi connectivity index (χ0v) is 26.1. The summed E-state index contributed by atoms with van der Waals surface area (Å²) in [7, 11) is 6.57. The minimum Gasteiger partial charge on any atom is -0.246 e. The van der Waals surface area contributed by atoms with E-state index in [4.69, 9.17) is 17.8 Å². The first-order valence-electron chi connectivity index (χ1n) is 15.2. The fraction of sp³-hybridized carbons (Fsp3) is 0. The molecule has 7 aromatic carbocycles. The van der Waals surface area contributed by atoms with Gasteiger partial charge in [-0.1, -0.05) is 121 Å². The molecule has 10 rings (SSSR count). The first-order chi connectivity index (χ1) is 22.7. The number of anilines is 2. The highest BCUT2D eigenvalue weighted by Crippen LogP contribution is 2.59. The number of benzene rings is 7. The molecule has 6 heteroatoms. The summed E-state index contributed by atoms with van der Waals surface area (Å²) in [5, 5.41) is 8.42. The lowest BCUT2D eigenvalue weighted by Gasteiger charge is -2.33. The smallest absolute Gasteiger partial charge is 0.241 e. The average molecular weight is 620 g/mol. The molecule has 1 aliphatic rings. The number of fused-ring (bicyclic) bond motifs is 13. The molecule has 0 bridgehead atoms. The largest absolute Gasteiger partial charge is 0.246 e. The van der Waals surface area contributed by atoms with Gasteiger partial charge in [-0.25, -0.2) is 14.3 Å². The fourth-order valence-corrected chi connectivity index (χ4v) is 9.33. The van der Waals surface area contributed by atoms with Crippen LogP contribution in [-0.4, -0.2) is 17.8 Å². The van der Waals surface area contributed by atoms with Crippen LogP contribution in [0.3, 0.4) is 0 Å². The molecule has 0 saturated heterocycles. The van der Waals surface area contributed by atoms with Crippen molar-refractivity contribution in [2.45, 2.75) is 4.90 Å². The van der Waals surface area contributed by atoms with Crippen molar-refractivity contribution in [1.82, 2.24) is 9.97 Å². The van der Waals surface area contributed by atoms with Crippen molar-refractivity contribution in [3.05, 3.63) is 133 Å². The highest BCUT2D eigenvalue weighted by molar-refractivity contribution is 8.01. The first-order valence-corrected chi connectivity index (χ1v) is 16.8. The van der Waals surface area contributed by atoms with Crippen LogP contribution in [0.2, 0.25) is 0 Å². The average Bonchev–Trinajstić information content (AvgIpc) is 3.51. The van der Waals surface area contributed by atoms with Crippen LogP contribution in [0, 0.1) is 0 Å². The lowest BCUT2D eigenvalue weighted by atomic mass is 9.88. The molecule has 0 unspecified atom stereocenters. The van der Waals surface area contributed by atoms with Crippen LogP contribution in [0.5, 0.6) is 0 Å². The van der Waals surface area contributed by atoms with Crippen molar-refractivity contribution in [2.24, 2.45) is 0 Å². The van der Waals surface area contributed by atoms with E-state index < -0.39 is 0 Å². The molecule has 0 fully saturated rings. The molecule has 212 valence electrons. The van der Waals surface area contributed by atoms with E-state index in [1.54, 1.807) is 11.9 Å². The Hall–Kier alpha value is -5.17. The maximum atomic E-state index is 6.57. The lowest BCUT2D eigenvalue weighted by Crippen LogP contribution is -2.17. The lowest BCUT2D eigenvalue weighted by molar-refractivity contribution is 1.17. The molecular weight excluding hydrogens is 597 g/mol. The summed E-state index contributed by atoms with van der Waals surface area (Å²) in [5.74, 6) is 0.633. The van der Waals surface area contributed by atoms with Gasteiger partial charge in [-0.05, 0) is 51.9 Å². The molecular formula is C40H22BN3S2. The van der Waals surface area contributed by atoms with Gasteiger partial charge in [-0.3, -0.25) is 0 Å². The van der Waals surface area contributed by atoms with E-state index in [0.717, 1.165) is 27.8 Å². The van der Waals surface area contributed by atoms with Crippen LogP contribution in [0.1, 0.15) is 0 Å². The Balaban J connectivity index is 1.39. The Morgan fingerprint density at radius 2 is 1.26 bits per heavy atom. The van der Waals surface area contributed by atoms with Gasteiger partial charge in [0.1, 0.15) is 7.85 Å². The highest BCUT2D eigenvalue weighted by atomic mass is 32.2. The van der Waals surface area contributed by atoms with Crippen molar-refractivity contribution < 1.29 is 0 Å². The molecule has 0 amide bonds. The standard InChI is InChI=1S/C40H22BN3S2/c41-30-18-8-5-15-27(30)37-28-16-6-9-19-31(28)42-40(43-37)44-38-35(34-24-12-2-1-11-23(24)21-22-33(34)46-44)25-13-3-4-14-26(25)39-36(38)29-17-7-10-20-32(29)45-39/h1-22H. The van der Waals surface area contributed by atoms with Crippen molar-refractivity contribution in [2.75, 3.05) is 4.31 Å². The maximum Gasteiger partial charge on any atom is 0.241 e. The minimum atomic E-state index is 0.633. The van der Waals surface area contributed by atoms with Crippen LogP contribution in [0.4, 0.5) is 11.6 Å². The second-order valence-electron chi connectivity index (χ2n) is 11.6. The van der Waals surface area contributed by atoms with E-state index in [-0.39, 0.29) is 0 Å². The molecule has 0 spiro atoms. The Kier molecular flexibility index (Phi) is 5.62. The number of nitrogens with zero attached hydrogens (tertiary/aromatic N) is 3. The van der Waals surface area contributed by atoms with Gasteiger partial charge in [0.2, 0.25) is 5.95 Å². The summed E-state index contributed by atoms with van der Waals surface area (Å²) in [6.07, 6.45) is 0. The summed E-state index contributed by atoms with van der Waals surface area (Å²) in [6, 6.07) is 47.0. The Bertz CT molecular complexity index is 2720. The number of para-hydroxylation sites is 1. The van der Waals surface area contributed by atoms with E-state index in [1.807, 2.05) is 47.7 Å². The van der Waals surface area contributed by atoms with Crippen LogP contribution in [0.25, 0.3) is 75.0 Å². The second kappa shape index (κ2) is 9.92. The van der Waals surface area contributed by atoms with Crippen LogP contribution < -0.4 is 9.77 Å². The third kappa shape index (κ3) is 3.68. The maximum absolute atomic E-state index is 6.57. The van der Waals surface area contributed by atoms with Gasteiger partial charge in [0, 0.05) is 47.0 Å². The predicted molar refractivity (Wildman–Crippen MR) is 198 cm³/mol. The quantitative estimate of drug-likeness (QED) is 0.142. The van der Waals surface area contributed by atoms with Gasteiger partial charge in [0.15, 0.2) is 0 Å². The van der Waals surface area contributed by atoms with Gasteiger partial charge in [0.05, 0.1) is 16.9 Å². The zero-order chi connectivity index (χ0) is 30.4. The number of hydrogen-bond donors (Lipinski definition) is 0. The molecule has 0 aliphatic carbocycles. The third-order valence-electron chi connectivity index (χ3n) is 9.03. The van der Waals surface area contributed by atoms with E-state index in [2.05, 4.69) is 101 Å². The van der Waals surface area contributed by atoms with E-state index >= 15 is 0 Å². The molecule has 0 atom stereocenters. The molecule has 3 nitrogen and oxygen atoms in total. The molecule has 9 aromatic rings. The van der Waals surface area contributed by atoms with E-state index in [0.29, 0.717) is 11.4 Å². The normalized spacial score (nSPS) is 12.7. The second-order valence-corrected chi connectivity index (χ2v) is 13.6. The van der Waals surface area contributed by atoms with Gasteiger partial charge in [-0.2, -0.15) is 0 Å². The van der Waals surface area contributed by atoms with Gasteiger partial charge < -0.3 is 0 Å². The van der Waals surface area contributed by atoms with Crippen LogP contribution in [0.15, 0.2) is 138 Å². The molecule has 0 N–H and O–H groups in total. The Labute approximate surface area is 274 Å². The monoisotopic (exact) mass is 619 g/mol. The van der Waals surface area contributed by atoms with Crippen LogP contribution in [-0.2, 0) is 0 Å². The van der Waals surface area contributed by atoms with E-state index in [1.165, 1.54) is 57.7 Å². The molecule has 1 aliphatic heterocycles. The number of hydrogen-bond acceptors (Lipinski definition) is 5. The SMILES string of the molecule is [B]c1ccccc1-c1nc(N2Sc3ccc4ccccc4c3-c3c2c2c4ccccc4sc2c2ccccc32)nc2ccccc12. The number of rotatable bonds is 2. The summed E-state index contributed by atoms with van der Waals surface area (Å²) >= 11 is 3.56. The summed E-state index contributed by atoms with van der Waals surface area (Å²) in [6.45, 7) is 0. The Morgan fingerprint density at radius 3 is 2.13 bits per heavy atom. The van der Waals surface area contributed by atoms with Crippen molar-refractivity contribution in [1.29, 1.82) is 0 Å². The molecule has 46 heavy (non-hydrogen) atoms. The van der Waals surface area contributed by atoms with E-state index in [9.17, 15) is 0 Å². The summed E-state index contributed by atoms with van der Waals surface area (Å²) in [4.78, 5) is 11.8. The predicted octanol–water partition coefficient (Wildman–Crippen LogP) is 10.6. The summed E-state index contributed by atoms with van der Waals surface area (Å²) in [5.41, 5.74) is 6.91. The number of thiophene rings is 1. The van der Waals surface area contributed by atoms with Gasteiger partial charge in [-0.15, -0.1) is 11.3 Å². The molecule has 3 heterocycles. The van der Waals surface area contributed by atoms with Crippen molar-refractivity contribution in [3.63, 3.8) is 0 Å². The summed E-state index contributed by atoms with van der Waals surface area (Å²) < 4.78 is 4.81. The molecule has 2 radical (unpaired) electrons. The van der Waals surface area contributed by atoms with Gasteiger partial charge >= 0.3 is 0 Å². The molecule has 2 aromatic heterocycles. The molecule has 0 saturated carbocycles. The third-order valence-corrected chi connectivity index (χ3v) is 11.3. The Morgan fingerprint density at radius 1 is 0.565 bits per heavy atom. The van der Waals surface area contributed by atoms with Gasteiger partial charge in [0.25, 0.3) is 0 Å². The first kappa shape index (κ1) is 26.1. The zero-order valence-electron chi connectivity index (χ0n) is 24.4. The van der Waals surface area contributed by atoms with Crippen molar-refractivity contribution in [3.8, 4) is 22.4 Å². The number of aromatic nitrogens is 2. The fourth-order valence-electron chi connectivity index (χ4n) is 7.02. The van der Waals surface area contributed by atoms with Crippen LogP contribution >= 0.6 is 23.3 Å².